The lowest BCUT2D eigenvalue weighted by atomic mass is 9.89. The molecule has 2 atom stereocenters. The molecule has 0 spiro atoms. The number of oxazole rings is 1. The molecular weight excluding hydrogens is 418 g/mol. The Hall–Kier alpha value is -1.83. The minimum absolute atomic E-state index is 0. The van der Waals surface area contributed by atoms with Gasteiger partial charge in [-0.05, 0) is 50.8 Å². The molecule has 2 aliphatic rings. The van der Waals surface area contributed by atoms with Crippen LogP contribution in [0.15, 0.2) is 46.3 Å². The maximum Gasteiger partial charge on any atom is 0.202 e. The van der Waals surface area contributed by atoms with Gasteiger partial charge in [0.15, 0.2) is 17.3 Å². The molecule has 30 heavy (non-hydrogen) atoms. The Balaban J connectivity index is 0.00000218. The Morgan fingerprint density at radius 1 is 1.23 bits per heavy atom. The van der Waals surface area contributed by atoms with Crippen molar-refractivity contribution >= 4 is 24.2 Å². The van der Waals surface area contributed by atoms with Gasteiger partial charge in [0.2, 0.25) is 5.82 Å². The molecule has 0 radical (unpaired) electrons. The number of halogens is 1. The number of aryl methyl sites for hydroxylation is 1. The molecule has 2 aromatic heterocycles. The summed E-state index contributed by atoms with van der Waals surface area (Å²) in [7, 11) is 1.99. The van der Waals surface area contributed by atoms with E-state index in [4.69, 9.17) is 4.42 Å². The van der Waals surface area contributed by atoms with Crippen molar-refractivity contribution in [1.29, 1.82) is 0 Å². The van der Waals surface area contributed by atoms with Gasteiger partial charge in [0.1, 0.15) is 0 Å². The number of fused-ring (bicyclic) bond motifs is 1. The van der Waals surface area contributed by atoms with Crippen LogP contribution in [0.5, 0.6) is 0 Å². The quantitative estimate of drug-likeness (QED) is 0.398. The number of benzene rings is 1. The first-order chi connectivity index (χ1) is 14.2. The molecule has 1 aromatic carbocycles. The summed E-state index contributed by atoms with van der Waals surface area (Å²) in [6.45, 7) is 5.53. The number of thioether (sulfide) groups is 1. The fraction of sp³-hybridized carbons (Fsp3) is 0.500. The topological polar surface area (TPSA) is 60.0 Å². The zero-order chi connectivity index (χ0) is 19.8. The molecule has 160 valence electrons. The minimum atomic E-state index is 0. The lowest BCUT2D eigenvalue weighted by molar-refractivity contribution is 0.202. The van der Waals surface area contributed by atoms with Crippen LogP contribution in [0.2, 0.25) is 0 Å². The predicted octanol–water partition coefficient (Wildman–Crippen LogP) is 4.35. The summed E-state index contributed by atoms with van der Waals surface area (Å²) < 4.78 is 7.46. The Kier molecular flexibility index (Phi) is 6.23. The molecule has 1 saturated heterocycles. The van der Waals surface area contributed by atoms with Crippen LogP contribution in [0.1, 0.15) is 30.5 Å². The largest absolute Gasteiger partial charge is 0.440 e. The van der Waals surface area contributed by atoms with E-state index in [9.17, 15) is 0 Å². The SMILES string of the molecule is Cc1ncoc1-c1nnc(SCCCN2CC[C@H]3C[C@@]3(c3ccccc3)C2)n1C.Cl. The molecule has 0 amide bonds. The molecular formula is C22H28ClN5OS. The number of likely N-dealkylation sites (tertiary alicyclic amines) is 1. The summed E-state index contributed by atoms with van der Waals surface area (Å²) in [6, 6.07) is 11.1. The maximum atomic E-state index is 5.46. The summed E-state index contributed by atoms with van der Waals surface area (Å²) in [5.74, 6) is 3.38. The zero-order valence-corrected chi connectivity index (χ0v) is 19.1. The zero-order valence-electron chi connectivity index (χ0n) is 17.5. The van der Waals surface area contributed by atoms with Crippen LogP contribution in [-0.4, -0.2) is 50.0 Å². The average Bonchev–Trinajstić information content (AvgIpc) is 3.18. The van der Waals surface area contributed by atoms with Crippen LogP contribution >= 0.6 is 24.2 Å². The van der Waals surface area contributed by atoms with Crippen LogP contribution in [0, 0.1) is 12.8 Å². The number of aromatic nitrogens is 4. The Labute approximate surface area is 187 Å². The second-order valence-corrected chi connectivity index (χ2v) is 9.38. The summed E-state index contributed by atoms with van der Waals surface area (Å²) in [5.41, 5.74) is 2.81. The van der Waals surface area contributed by atoms with Crippen LogP contribution < -0.4 is 0 Å². The van der Waals surface area contributed by atoms with E-state index in [0.717, 1.165) is 41.3 Å². The third-order valence-corrected chi connectivity index (χ3v) is 7.62. The molecule has 0 N–H and O–H groups in total. The Morgan fingerprint density at radius 3 is 2.83 bits per heavy atom. The molecule has 1 aliphatic heterocycles. The summed E-state index contributed by atoms with van der Waals surface area (Å²) >= 11 is 1.77. The van der Waals surface area contributed by atoms with Crippen LogP contribution in [0.3, 0.4) is 0 Å². The van der Waals surface area contributed by atoms with Crippen LogP contribution in [0.25, 0.3) is 11.6 Å². The Morgan fingerprint density at radius 2 is 2.07 bits per heavy atom. The van der Waals surface area contributed by atoms with Gasteiger partial charge in [-0.1, -0.05) is 42.1 Å². The van der Waals surface area contributed by atoms with Crippen molar-refractivity contribution in [3.05, 3.63) is 48.0 Å². The molecule has 1 saturated carbocycles. The highest BCUT2D eigenvalue weighted by Crippen LogP contribution is 2.58. The summed E-state index contributed by atoms with van der Waals surface area (Å²) in [6.07, 6.45) is 5.32. The Bertz CT molecular complexity index is 991. The lowest BCUT2D eigenvalue weighted by Gasteiger charge is -2.33. The van der Waals surface area contributed by atoms with E-state index in [0.29, 0.717) is 11.2 Å². The van der Waals surface area contributed by atoms with E-state index in [1.54, 1.807) is 17.3 Å². The van der Waals surface area contributed by atoms with Gasteiger partial charge in [0.25, 0.3) is 0 Å². The van der Waals surface area contributed by atoms with Gasteiger partial charge in [0, 0.05) is 24.8 Å². The normalized spacial score (nSPS) is 23.1. The molecule has 6 nitrogen and oxygen atoms in total. The molecule has 0 unspecified atom stereocenters. The number of rotatable bonds is 7. The third kappa shape index (κ3) is 3.90. The van der Waals surface area contributed by atoms with Gasteiger partial charge in [-0.15, -0.1) is 22.6 Å². The van der Waals surface area contributed by atoms with Crippen LogP contribution in [0.4, 0.5) is 0 Å². The van der Waals surface area contributed by atoms with Gasteiger partial charge in [-0.25, -0.2) is 4.98 Å². The van der Waals surface area contributed by atoms with Gasteiger partial charge >= 0.3 is 0 Å². The average molecular weight is 446 g/mol. The number of hydrogen-bond acceptors (Lipinski definition) is 6. The molecule has 2 fully saturated rings. The van der Waals surface area contributed by atoms with Gasteiger partial charge in [-0.3, -0.25) is 0 Å². The minimum Gasteiger partial charge on any atom is -0.440 e. The van der Waals surface area contributed by atoms with Crippen molar-refractivity contribution in [2.24, 2.45) is 13.0 Å². The van der Waals surface area contributed by atoms with E-state index in [1.807, 2.05) is 18.5 Å². The standard InChI is InChI=1S/C22H27N5OS.ClH/c1-16-19(28-15-23-16)20-24-25-21(26(20)2)29-12-6-10-27-11-9-18-13-22(18,14-27)17-7-4-3-5-8-17;/h3-5,7-8,15,18H,6,9-14H2,1-2H3;1H/t18-,22-;/m0./s1. The van der Waals surface area contributed by atoms with E-state index < -0.39 is 0 Å². The number of hydrogen-bond donors (Lipinski definition) is 0. The second-order valence-electron chi connectivity index (χ2n) is 8.32. The first-order valence-corrected chi connectivity index (χ1v) is 11.4. The molecule has 5 rings (SSSR count). The first-order valence-electron chi connectivity index (χ1n) is 10.4. The van der Waals surface area contributed by atoms with Gasteiger partial charge < -0.3 is 13.9 Å². The highest BCUT2D eigenvalue weighted by atomic mass is 35.5. The molecule has 1 aliphatic carbocycles. The number of nitrogens with zero attached hydrogens (tertiary/aromatic N) is 5. The smallest absolute Gasteiger partial charge is 0.202 e. The molecule has 3 aromatic rings. The summed E-state index contributed by atoms with van der Waals surface area (Å²) in [5, 5.41) is 9.56. The van der Waals surface area contributed by atoms with E-state index in [-0.39, 0.29) is 12.4 Å². The van der Waals surface area contributed by atoms with Crippen molar-refractivity contribution in [3.8, 4) is 11.6 Å². The molecule has 8 heteroatoms. The van der Waals surface area contributed by atoms with E-state index in [1.165, 1.54) is 32.3 Å². The summed E-state index contributed by atoms with van der Waals surface area (Å²) in [4.78, 5) is 6.81. The highest BCUT2D eigenvalue weighted by molar-refractivity contribution is 7.99. The molecule has 3 heterocycles. The van der Waals surface area contributed by atoms with Crippen molar-refractivity contribution < 1.29 is 4.42 Å². The first kappa shape index (κ1) is 21.4. The van der Waals surface area contributed by atoms with Crippen molar-refractivity contribution in [2.75, 3.05) is 25.4 Å². The fourth-order valence-corrected chi connectivity index (χ4v) is 5.62. The van der Waals surface area contributed by atoms with Gasteiger partial charge in [-0.2, -0.15) is 0 Å². The van der Waals surface area contributed by atoms with E-state index in [2.05, 4.69) is 50.4 Å². The van der Waals surface area contributed by atoms with Crippen LogP contribution in [-0.2, 0) is 12.5 Å². The number of piperidine rings is 1. The monoisotopic (exact) mass is 445 g/mol. The van der Waals surface area contributed by atoms with Crippen molar-refractivity contribution in [3.63, 3.8) is 0 Å². The van der Waals surface area contributed by atoms with E-state index >= 15 is 0 Å². The molecule has 0 bridgehead atoms. The van der Waals surface area contributed by atoms with Crippen molar-refractivity contribution in [2.45, 2.75) is 36.8 Å². The lowest BCUT2D eigenvalue weighted by Crippen LogP contribution is -2.39. The second kappa shape index (κ2) is 8.73. The predicted molar refractivity (Wildman–Crippen MR) is 121 cm³/mol. The highest BCUT2D eigenvalue weighted by Gasteiger charge is 2.57. The maximum absolute atomic E-state index is 5.46. The van der Waals surface area contributed by atoms with Crippen molar-refractivity contribution in [1.82, 2.24) is 24.6 Å². The van der Waals surface area contributed by atoms with Gasteiger partial charge in [0.05, 0.1) is 5.69 Å². The fourth-order valence-electron chi connectivity index (χ4n) is 4.78. The third-order valence-electron chi connectivity index (χ3n) is 6.51.